The van der Waals surface area contributed by atoms with Crippen LogP contribution in [0.3, 0.4) is 0 Å². The van der Waals surface area contributed by atoms with Crippen molar-refractivity contribution in [2.45, 2.75) is 65.5 Å². The van der Waals surface area contributed by atoms with Crippen LogP contribution < -0.4 is 16.1 Å². The number of H-pyrrole nitrogens is 1. The first-order chi connectivity index (χ1) is 16.7. The molecule has 2 heterocycles. The molecule has 1 saturated carbocycles. The fraction of sp³-hybridized carbons (Fsp3) is 0.440. The number of nitrogens with one attached hydrogen (secondary N) is 2. The molecule has 0 spiro atoms. The zero-order valence-corrected chi connectivity index (χ0v) is 21.2. The molecule has 2 aromatic rings. The quantitative estimate of drug-likeness (QED) is 0.244. The van der Waals surface area contributed by atoms with Crippen molar-refractivity contribution in [3.8, 4) is 0 Å². The molecule has 194 valence electrons. The van der Waals surface area contributed by atoms with E-state index in [-0.39, 0.29) is 11.8 Å². The Morgan fingerprint density at radius 3 is 2.29 bits per heavy atom. The number of carbonyl (C=O) groups is 2. The summed E-state index contributed by atoms with van der Waals surface area (Å²) in [6.45, 7) is 8.80. The van der Waals surface area contributed by atoms with E-state index in [1.165, 1.54) is 45.6 Å². The van der Waals surface area contributed by atoms with Crippen molar-refractivity contribution in [1.29, 1.82) is 0 Å². The Kier molecular flexibility index (Phi) is 16.2. The number of fused-ring (bicyclic) bond motifs is 1. The first-order valence-electron chi connectivity index (χ1n) is 11.3. The number of rotatable bonds is 2. The first kappa shape index (κ1) is 31.6. The van der Waals surface area contributed by atoms with Crippen LogP contribution in [0.5, 0.6) is 0 Å². The minimum absolute atomic E-state index is 0.167. The Morgan fingerprint density at radius 2 is 1.83 bits per heavy atom. The van der Waals surface area contributed by atoms with Gasteiger partial charge in [-0.3, -0.25) is 0 Å². The van der Waals surface area contributed by atoms with Gasteiger partial charge in [-0.1, -0.05) is 18.9 Å². The maximum Gasteiger partial charge on any atom is 0.159 e. The molecule has 2 aliphatic rings. The summed E-state index contributed by atoms with van der Waals surface area (Å²) in [4.78, 5) is 26.7. The summed E-state index contributed by atoms with van der Waals surface area (Å²) in [6, 6.07) is 6.79. The van der Waals surface area contributed by atoms with Crippen LogP contribution in [-0.2, 0) is 9.59 Å². The van der Waals surface area contributed by atoms with Gasteiger partial charge >= 0.3 is 0 Å². The van der Waals surface area contributed by atoms with E-state index in [4.69, 9.17) is 10.6 Å². The summed E-state index contributed by atoms with van der Waals surface area (Å²) in [5, 5.41) is 6.78. The standard InChI is InChI=1S/C8H11N5.C7H6F2.C6H13N.C3H6O.CH2O/c1-6-4-11-8-7(2-3-10-8)13(6)5-12-9;1-5-2-3-6(8)7(9)4-5;1-7-6-4-2-3-5-6;1-3(2)4;1-2/h2-6,10H,9H2,1H3;2-4H,1H3;6-7H,2-5H2,1H3;1-2H3;1H2/b12-5-;;;;. The molecule has 10 heteroatoms. The molecule has 1 aromatic heterocycles. The maximum absolute atomic E-state index is 12.2. The zero-order valence-electron chi connectivity index (χ0n) is 21.2. The highest BCUT2D eigenvalue weighted by Crippen LogP contribution is 2.30. The van der Waals surface area contributed by atoms with E-state index in [0.29, 0.717) is 0 Å². The van der Waals surface area contributed by atoms with Gasteiger partial charge in [0.15, 0.2) is 17.5 Å². The van der Waals surface area contributed by atoms with Crippen LogP contribution >= 0.6 is 0 Å². The Hall–Kier alpha value is -3.40. The van der Waals surface area contributed by atoms with Gasteiger partial charge in [0.1, 0.15) is 18.9 Å². The molecule has 0 amide bonds. The molecule has 0 saturated heterocycles. The SMILES string of the molecule is C=O.CC(C)=O.CC1C=Nc2[nH]ccc2N1/C=N\N.CNC1CCCC1.Cc1ccc(F)c(F)c1. The van der Waals surface area contributed by atoms with Crippen molar-refractivity contribution < 1.29 is 18.4 Å². The monoisotopic (exact) mass is 492 g/mol. The van der Waals surface area contributed by atoms with Crippen LogP contribution in [0.4, 0.5) is 20.3 Å². The average Bonchev–Trinajstić information content (AvgIpc) is 3.52. The molecule has 4 rings (SSSR count). The number of hydrazone groups is 1. The summed E-state index contributed by atoms with van der Waals surface area (Å²) < 4.78 is 24.3. The number of ketones is 1. The van der Waals surface area contributed by atoms with Gasteiger partial charge < -0.3 is 30.6 Å². The highest BCUT2D eigenvalue weighted by Gasteiger charge is 2.19. The molecule has 35 heavy (non-hydrogen) atoms. The number of aromatic nitrogens is 1. The van der Waals surface area contributed by atoms with Crippen LogP contribution in [0.2, 0.25) is 0 Å². The number of aliphatic imine (C=N–C) groups is 1. The van der Waals surface area contributed by atoms with Crippen LogP contribution in [-0.4, -0.2) is 49.2 Å². The van der Waals surface area contributed by atoms with Gasteiger partial charge in [0.25, 0.3) is 0 Å². The van der Waals surface area contributed by atoms with E-state index in [2.05, 4.69) is 27.4 Å². The second-order valence-corrected chi connectivity index (χ2v) is 8.00. The molecule has 1 unspecified atom stereocenters. The minimum Gasteiger partial charge on any atom is -0.345 e. The van der Waals surface area contributed by atoms with Crippen LogP contribution in [0.1, 0.15) is 52.0 Å². The molecule has 1 fully saturated rings. The molecule has 1 aliphatic carbocycles. The lowest BCUT2D eigenvalue weighted by molar-refractivity contribution is -0.115. The van der Waals surface area contributed by atoms with Crippen LogP contribution in [0, 0.1) is 18.6 Å². The summed E-state index contributed by atoms with van der Waals surface area (Å²) in [5.74, 6) is 4.56. The smallest absolute Gasteiger partial charge is 0.159 e. The number of anilines is 1. The fourth-order valence-electron chi connectivity index (χ4n) is 3.19. The number of aromatic amines is 1. The number of halogens is 2. The van der Waals surface area contributed by atoms with Gasteiger partial charge in [-0.25, -0.2) is 13.8 Å². The van der Waals surface area contributed by atoms with Crippen molar-refractivity contribution in [2.24, 2.45) is 15.9 Å². The number of carbonyl (C=O) groups excluding carboxylic acids is 2. The number of benzene rings is 1. The zero-order chi connectivity index (χ0) is 26.8. The normalized spacial score (nSPS) is 15.9. The van der Waals surface area contributed by atoms with Gasteiger partial charge in [0, 0.05) is 18.5 Å². The summed E-state index contributed by atoms with van der Waals surface area (Å²) >= 11 is 0. The third kappa shape index (κ3) is 12.6. The van der Waals surface area contributed by atoms with Crippen LogP contribution in [0.25, 0.3) is 0 Å². The third-order valence-corrected chi connectivity index (χ3v) is 4.87. The van der Waals surface area contributed by atoms with Crippen LogP contribution in [0.15, 0.2) is 40.6 Å². The average molecular weight is 493 g/mol. The Balaban J connectivity index is 0.000000462. The number of aryl methyl sites for hydroxylation is 1. The number of nitrogens with zero attached hydrogens (tertiary/aromatic N) is 3. The number of hydrogen-bond acceptors (Lipinski definition) is 6. The Morgan fingerprint density at radius 1 is 1.23 bits per heavy atom. The largest absolute Gasteiger partial charge is 0.345 e. The highest BCUT2D eigenvalue weighted by molar-refractivity contribution is 5.94. The van der Waals surface area contributed by atoms with E-state index in [9.17, 15) is 13.6 Å². The molecule has 1 aliphatic heterocycles. The molecule has 4 N–H and O–H groups in total. The second-order valence-electron chi connectivity index (χ2n) is 8.00. The Bertz CT molecular complexity index is 922. The lowest BCUT2D eigenvalue weighted by Gasteiger charge is -2.26. The minimum atomic E-state index is -0.791. The number of nitrogens with two attached hydrogens (primary N) is 1. The number of hydrogen-bond donors (Lipinski definition) is 3. The predicted octanol–water partition coefficient (Wildman–Crippen LogP) is 4.66. The summed E-state index contributed by atoms with van der Waals surface area (Å²) in [7, 11) is 2.05. The van der Waals surface area contributed by atoms with Crippen molar-refractivity contribution in [3.05, 3.63) is 47.7 Å². The number of Topliss-reactive ketones (excluding diaryl/α,β-unsaturated/α-hetero) is 1. The molecule has 1 aromatic carbocycles. The van der Waals surface area contributed by atoms with Gasteiger partial charge in [-0.2, -0.15) is 5.10 Å². The molecule has 1 atom stereocenters. The summed E-state index contributed by atoms with van der Waals surface area (Å²) in [5.41, 5.74) is 1.73. The van der Waals surface area contributed by atoms with Gasteiger partial charge in [-0.15, -0.1) is 0 Å². The lowest BCUT2D eigenvalue weighted by atomic mass is 10.2. The van der Waals surface area contributed by atoms with Crippen molar-refractivity contribution in [3.63, 3.8) is 0 Å². The molecular formula is C25H38F2N6O2. The summed E-state index contributed by atoms with van der Waals surface area (Å²) in [6.07, 6.45) is 11.0. The lowest BCUT2D eigenvalue weighted by Crippen LogP contribution is -2.34. The Labute approximate surface area is 206 Å². The molecular weight excluding hydrogens is 454 g/mol. The van der Waals surface area contributed by atoms with Gasteiger partial charge in [0.2, 0.25) is 0 Å². The van der Waals surface area contributed by atoms with E-state index >= 15 is 0 Å². The highest BCUT2D eigenvalue weighted by atomic mass is 19.2. The fourth-order valence-corrected chi connectivity index (χ4v) is 3.19. The van der Waals surface area contributed by atoms with E-state index in [1.807, 2.05) is 37.1 Å². The van der Waals surface area contributed by atoms with E-state index in [1.54, 1.807) is 13.3 Å². The maximum atomic E-state index is 12.2. The van der Waals surface area contributed by atoms with E-state index in [0.717, 1.165) is 35.2 Å². The molecule has 0 radical (unpaired) electrons. The van der Waals surface area contributed by atoms with Gasteiger partial charge in [-0.05, 0) is 71.3 Å². The topological polar surface area (TPSA) is 116 Å². The van der Waals surface area contributed by atoms with E-state index < -0.39 is 11.6 Å². The molecule has 0 bridgehead atoms. The van der Waals surface area contributed by atoms with Crippen molar-refractivity contribution in [2.75, 3.05) is 11.9 Å². The second kappa shape index (κ2) is 18.0. The van der Waals surface area contributed by atoms with Gasteiger partial charge in [0.05, 0.1) is 11.7 Å². The molecule has 8 nitrogen and oxygen atoms in total. The predicted molar refractivity (Wildman–Crippen MR) is 139 cm³/mol. The van der Waals surface area contributed by atoms with Crippen molar-refractivity contribution >= 4 is 36.6 Å². The first-order valence-corrected chi connectivity index (χ1v) is 11.3. The third-order valence-electron chi connectivity index (χ3n) is 4.87. The van der Waals surface area contributed by atoms with Crippen molar-refractivity contribution in [1.82, 2.24) is 10.3 Å².